The van der Waals surface area contributed by atoms with Crippen molar-refractivity contribution < 1.29 is 8.42 Å². The van der Waals surface area contributed by atoms with Crippen LogP contribution in [0.15, 0.2) is 71.3 Å². The molecule has 0 saturated carbocycles. The van der Waals surface area contributed by atoms with Crippen LogP contribution in [0.1, 0.15) is 37.3 Å². The van der Waals surface area contributed by atoms with Crippen molar-refractivity contribution in [2.75, 3.05) is 0 Å². The molecule has 1 aliphatic rings. The zero-order valence-corrected chi connectivity index (χ0v) is 15.7. The van der Waals surface area contributed by atoms with E-state index in [4.69, 9.17) is 0 Å². The van der Waals surface area contributed by atoms with E-state index in [0.29, 0.717) is 4.90 Å². The second-order valence-corrected chi connectivity index (χ2v) is 8.45. The monoisotopic (exact) mass is 355 g/mol. The summed E-state index contributed by atoms with van der Waals surface area (Å²) in [4.78, 5) is 0.375. The van der Waals surface area contributed by atoms with Gasteiger partial charge >= 0.3 is 0 Å². The lowest BCUT2D eigenvalue weighted by Crippen LogP contribution is -2.37. The van der Waals surface area contributed by atoms with Crippen molar-refractivity contribution in [3.63, 3.8) is 0 Å². The zero-order chi connectivity index (χ0) is 17.9. The normalized spacial score (nSPS) is 17.6. The van der Waals surface area contributed by atoms with E-state index in [0.717, 1.165) is 36.9 Å². The Balaban J connectivity index is 1.94. The summed E-state index contributed by atoms with van der Waals surface area (Å²) in [5.41, 5.74) is 3.16. The van der Waals surface area contributed by atoms with E-state index >= 15 is 0 Å². The van der Waals surface area contributed by atoms with Crippen molar-refractivity contribution in [1.82, 2.24) is 4.31 Å². The van der Waals surface area contributed by atoms with Gasteiger partial charge < -0.3 is 0 Å². The molecule has 4 heteroatoms. The molecule has 0 N–H and O–H groups in total. The number of benzene rings is 2. The molecule has 0 unspecified atom stereocenters. The van der Waals surface area contributed by atoms with Gasteiger partial charge in [0.2, 0.25) is 0 Å². The summed E-state index contributed by atoms with van der Waals surface area (Å²) in [6.45, 7) is 4.05. The first-order chi connectivity index (χ1) is 12.0. The molecule has 132 valence electrons. The molecule has 0 amide bonds. The minimum Gasteiger partial charge on any atom is -0.267 e. The van der Waals surface area contributed by atoms with E-state index in [1.807, 2.05) is 37.3 Å². The zero-order valence-electron chi connectivity index (χ0n) is 14.9. The highest BCUT2D eigenvalue weighted by Gasteiger charge is 2.35. The first kappa shape index (κ1) is 17.7. The lowest BCUT2D eigenvalue weighted by molar-refractivity contribution is 0.392. The number of hydrogen-bond acceptors (Lipinski definition) is 2. The fourth-order valence-electron chi connectivity index (χ4n) is 3.39. The van der Waals surface area contributed by atoms with Gasteiger partial charge in [-0.05, 0) is 43.9 Å². The Bertz CT molecular complexity index is 839. The van der Waals surface area contributed by atoms with Crippen molar-refractivity contribution in [3.8, 4) is 0 Å². The molecular formula is C21H25NO2S. The second kappa shape index (κ2) is 7.44. The quantitative estimate of drug-likeness (QED) is 0.754. The molecule has 1 atom stereocenters. The van der Waals surface area contributed by atoms with Crippen molar-refractivity contribution in [2.24, 2.45) is 0 Å². The van der Waals surface area contributed by atoms with Gasteiger partial charge in [0.05, 0.1) is 10.9 Å². The fraction of sp³-hybridized carbons (Fsp3) is 0.333. The molecule has 0 aliphatic carbocycles. The summed E-state index contributed by atoms with van der Waals surface area (Å²) in [7, 11) is -3.53. The summed E-state index contributed by atoms with van der Waals surface area (Å²) < 4.78 is 28.3. The van der Waals surface area contributed by atoms with Gasteiger partial charge in [0.15, 0.2) is 0 Å². The standard InChI is InChI=1S/C21H25NO2S/c1-3-7-19-12-13-20(16-18-8-5-4-6-9-18)22(19)25(23,24)21-14-10-17(2)11-15-21/h4-6,8-12,14-15,20H,3,7,13,16H2,1-2H3/t20-/m0/s1. The molecule has 25 heavy (non-hydrogen) atoms. The molecule has 1 heterocycles. The molecule has 2 aromatic rings. The number of sulfonamides is 1. The van der Waals surface area contributed by atoms with Crippen LogP contribution in [0.5, 0.6) is 0 Å². The van der Waals surface area contributed by atoms with Crippen LogP contribution >= 0.6 is 0 Å². The maximum Gasteiger partial charge on any atom is 0.264 e. The van der Waals surface area contributed by atoms with Gasteiger partial charge in [0.25, 0.3) is 10.0 Å². The van der Waals surface area contributed by atoms with Crippen LogP contribution < -0.4 is 0 Å². The summed E-state index contributed by atoms with van der Waals surface area (Å²) in [5, 5.41) is 0. The molecule has 2 aromatic carbocycles. The first-order valence-corrected chi connectivity index (χ1v) is 10.3. The number of hydrogen-bond donors (Lipinski definition) is 0. The summed E-state index contributed by atoms with van der Waals surface area (Å²) in [6, 6.07) is 17.2. The van der Waals surface area contributed by atoms with E-state index in [9.17, 15) is 8.42 Å². The minimum atomic E-state index is -3.53. The predicted molar refractivity (Wildman–Crippen MR) is 102 cm³/mol. The molecular weight excluding hydrogens is 330 g/mol. The van der Waals surface area contributed by atoms with E-state index in [1.54, 1.807) is 16.4 Å². The molecule has 3 nitrogen and oxygen atoms in total. The topological polar surface area (TPSA) is 37.4 Å². The Morgan fingerprint density at radius 3 is 2.36 bits per heavy atom. The molecule has 0 spiro atoms. The summed E-state index contributed by atoms with van der Waals surface area (Å²) in [6.07, 6.45) is 5.33. The first-order valence-electron chi connectivity index (χ1n) is 8.86. The van der Waals surface area contributed by atoms with E-state index in [1.165, 1.54) is 5.56 Å². The average Bonchev–Trinajstić information content (AvgIpc) is 3.00. The van der Waals surface area contributed by atoms with Gasteiger partial charge in [-0.3, -0.25) is 4.31 Å². The molecule has 0 saturated heterocycles. The predicted octanol–water partition coefficient (Wildman–Crippen LogP) is 4.68. The van der Waals surface area contributed by atoms with E-state index in [2.05, 4.69) is 25.1 Å². The van der Waals surface area contributed by atoms with Crippen molar-refractivity contribution in [1.29, 1.82) is 0 Å². The number of allylic oxidation sites excluding steroid dienone is 1. The van der Waals surface area contributed by atoms with Gasteiger partial charge in [-0.25, -0.2) is 8.42 Å². The highest BCUT2D eigenvalue weighted by Crippen LogP contribution is 2.34. The van der Waals surface area contributed by atoms with Crippen LogP contribution in [0, 0.1) is 6.92 Å². The Morgan fingerprint density at radius 1 is 1.04 bits per heavy atom. The van der Waals surface area contributed by atoms with Crippen molar-refractivity contribution in [2.45, 2.75) is 50.5 Å². The second-order valence-electron chi connectivity index (χ2n) is 6.64. The molecule has 0 aromatic heterocycles. The van der Waals surface area contributed by atoms with Gasteiger partial charge in [-0.2, -0.15) is 0 Å². The van der Waals surface area contributed by atoms with Crippen LogP contribution in [-0.2, 0) is 16.4 Å². The third-order valence-corrected chi connectivity index (χ3v) is 6.56. The smallest absolute Gasteiger partial charge is 0.264 e. The number of aryl methyl sites for hydroxylation is 1. The Hall–Kier alpha value is -2.07. The highest BCUT2D eigenvalue weighted by molar-refractivity contribution is 7.89. The molecule has 1 aliphatic heterocycles. The van der Waals surface area contributed by atoms with Gasteiger partial charge in [0, 0.05) is 5.70 Å². The van der Waals surface area contributed by atoms with E-state index in [-0.39, 0.29) is 6.04 Å². The maximum atomic E-state index is 13.3. The van der Waals surface area contributed by atoms with Crippen LogP contribution in [0.3, 0.4) is 0 Å². The largest absolute Gasteiger partial charge is 0.267 e. The lowest BCUT2D eigenvalue weighted by Gasteiger charge is -2.29. The third-order valence-electron chi connectivity index (χ3n) is 4.64. The summed E-state index contributed by atoms with van der Waals surface area (Å²) in [5.74, 6) is 0. The summed E-state index contributed by atoms with van der Waals surface area (Å²) >= 11 is 0. The molecule has 0 fully saturated rings. The van der Waals surface area contributed by atoms with Crippen LogP contribution in [0.25, 0.3) is 0 Å². The fourth-order valence-corrected chi connectivity index (χ4v) is 5.12. The third kappa shape index (κ3) is 3.79. The number of rotatable bonds is 6. The minimum absolute atomic E-state index is 0.0461. The molecule has 0 bridgehead atoms. The highest BCUT2D eigenvalue weighted by atomic mass is 32.2. The Morgan fingerprint density at radius 2 is 1.72 bits per heavy atom. The van der Waals surface area contributed by atoms with E-state index < -0.39 is 10.0 Å². The van der Waals surface area contributed by atoms with Crippen molar-refractivity contribution in [3.05, 3.63) is 77.5 Å². The van der Waals surface area contributed by atoms with Crippen molar-refractivity contribution >= 4 is 10.0 Å². The van der Waals surface area contributed by atoms with Crippen LogP contribution in [0.2, 0.25) is 0 Å². The molecule has 0 radical (unpaired) electrons. The van der Waals surface area contributed by atoms with Gasteiger partial charge in [-0.15, -0.1) is 0 Å². The van der Waals surface area contributed by atoms with Crippen LogP contribution in [0.4, 0.5) is 0 Å². The van der Waals surface area contributed by atoms with Crippen LogP contribution in [-0.4, -0.2) is 18.8 Å². The maximum absolute atomic E-state index is 13.3. The van der Waals surface area contributed by atoms with Gasteiger partial charge in [-0.1, -0.05) is 67.4 Å². The Labute approximate surface area is 151 Å². The average molecular weight is 356 g/mol. The number of nitrogens with zero attached hydrogens (tertiary/aromatic N) is 1. The van der Waals surface area contributed by atoms with Gasteiger partial charge in [0.1, 0.15) is 0 Å². The Kier molecular flexibility index (Phi) is 5.28. The SMILES string of the molecule is CCCC1=CC[C@@H](Cc2ccccc2)N1S(=O)(=O)c1ccc(C)cc1. The lowest BCUT2D eigenvalue weighted by atomic mass is 10.1. The molecule has 3 rings (SSSR count).